The summed E-state index contributed by atoms with van der Waals surface area (Å²) in [6, 6.07) is 25.0. The zero-order valence-corrected chi connectivity index (χ0v) is 18.9. The highest BCUT2D eigenvalue weighted by atomic mass is 16.5. The number of benzene rings is 4. The minimum absolute atomic E-state index is 0.0841. The first-order valence-corrected chi connectivity index (χ1v) is 11.1. The first-order chi connectivity index (χ1) is 16.6. The van der Waals surface area contributed by atoms with E-state index in [9.17, 15) is 9.90 Å². The van der Waals surface area contributed by atoms with Crippen LogP contribution >= 0.6 is 0 Å². The molecule has 170 valence electrons. The van der Waals surface area contributed by atoms with Crippen LogP contribution in [0.1, 0.15) is 34.0 Å². The summed E-state index contributed by atoms with van der Waals surface area (Å²) in [6.07, 6.45) is 3.75. The zero-order chi connectivity index (χ0) is 23.7. The van der Waals surface area contributed by atoms with E-state index in [4.69, 9.17) is 14.2 Å². The van der Waals surface area contributed by atoms with E-state index in [1.807, 2.05) is 91.9 Å². The number of carbonyl (C=O) groups is 1. The van der Waals surface area contributed by atoms with Crippen LogP contribution in [0, 0.1) is 0 Å². The van der Waals surface area contributed by atoms with Crippen LogP contribution in [0.3, 0.4) is 0 Å². The van der Waals surface area contributed by atoms with Crippen molar-refractivity contribution in [2.24, 2.45) is 0 Å². The van der Waals surface area contributed by atoms with Gasteiger partial charge in [-0.25, -0.2) is 4.79 Å². The quantitative estimate of drug-likeness (QED) is 0.372. The molecule has 5 heteroatoms. The van der Waals surface area contributed by atoms with Gasteiger partial charge in [-0.1, -0.05) is 66.7 Å². The van der Waals surface area contributed by atoms with Gasteiger partial charge in [0.15, 0.2) is 5.60 Å². The van der Waals surface area contributed by atoms with Gasteiger partial charge in [-0.15, -0.1) is 0 Å². The van der Waals surface area contributed by atoms with Gasteiger partial charge in [-0.3, -0.25) is 0 Å². The third-order valence-electron chi connectivity index (χ3n) is 6.11. The maximum absolute atomic E-state index is 12.7. The number of rotatable bonds is 5. The smallest absolute Gasteiger partial charge is 0.342 e. The van der Waals surface area contributed by atoms with Crippen LogP contribution in [0.5, 0.6) is 17.2 Å². The van der Waals surface area contributed by atoms with Crippen molar-refractivity contribution in [1.29, 1.82) is 0 Å². The van der Waals surface area contributed by atoms with E-state index in [1.165, 1.54) is 7.11 Å². The van der Waals surface area contributed by atoms with E-state index in [0.29, 0.717) is 28.7 Å². The summed E-state index contributed by atoms with van der Waals surface area (Å²) in [6.45, 7) is 2.53. The number of fused-ring (bicyclic) bond motifs is 3. The molecule has 0 bridgehead atoms. The molecule has 0 saturated heterocycles. The SMILES string of the molecule is CCOc1ccc(C2(c3ccccc3)C=Cc3c(C(=O)OC)c(O)c4ccccc4c3O2)cc1. The first-order valence-electron chi connectivity index (χ1n) is 11.1. The number of hydrogen-bond acceptors (Lipinski definition) is 5. The lowest BCUT2D eigenvalue weighted by Crippen LogP contribution is -2.34. The number of phenols is 1. The van der Waals surface area contributed by atoms with Crippen molar-refractivity contribution in [2.75, 3.05) is 13.7 Å². The topological polar surface area (TPSA) is 65.0 Å². The van der Waals surface area contributed by atoms with Crippen molar-refractivity contribution in [3.8, 4) is 17.2 Å². The molecule has 0 aliphatic carbocycles. The van der Waals surface area contributed by atoms with Gasteiger partial charge < -0.3 is 19.3 Å². The van der Waals surface area contributed by atoms with Crippen LogP contribution in [0.25, 0.3) is 16.8 Å². The van der Waals surface area contributed by atoms with Crippen LogP contribution in [0.15, 0.2) is 84.9 Å². The highest BCUT2D eigenvalue weighted by Gasteiger charge is 2.39. The fraction of sp³-hybridized carbons (Fsp3) is 0.138. The van der Waals surface area contributed by atoms with Crippen molar-refractivity contribution < 1.29 is 24.1 Å². The molecule has 0 amide bonds. The van der Waals surface area contributed by atoms with E-state index in [1.54, 1.807) is 6.07 Å². The number of aromatic hydroxyl groups is 1. The fourth-order valence-electron chi connectivity index (χ4n) is 4.51. The molecule has 1 aliphatic heterocycles. The summed E-state index contributed by atoms with van der Waals surface area (Å²) >= 11 is 0. The average Bonchev–Trinajstić information content (AvgIpc) is 2.90. The molecule has 0 saturated carbocycles. The number of carbonyl (C=O) groups excluding carboxylic acids is 1. The van der Waals surface area contributed by atoms with Gasteiger partial charge in [0.1, 0.15) is 22.8 Å². The van der Waals surface area contributed by atoms with E-state index < -0.39 is 11.6 Å². The summed E-state index contributed by atoms with van der Waals surface area (Å²) in [5.74, 6) is 0.538. The minimum atomic E-state index is -0.952. The number of esters is 1. The number of methoxy groups -OCH3 is 1. The standard InChI is InChI=1S/C29H24O5/c1-3-33-21-15-13-20(14-16-21)29(19-9-5-4-6-10-19)18-17-24-25(28(31)32-2)26(30)22-11-7-8-12-23(22)27(24)34-29/h4-18,30H,3H2,1-2H3. The van der Waals surface area contributed by atoms with Crippen LogP contribution in [0.4, 0.5) is 0 Å². The van der Waals surface area contributed by atoms with Crippen molar-refractivity contribution in [2.45, 2.75) is 12.5 Å². The molecule has 34 heavy (non-hydrogen) atoms. The predicted octanol–water partition coefficient (Wildman–Crippen LogP) is 6.08. The van der Waals surface area contributed by atoms with Gasteiger partial charge >= 0.3 is 5.97 Å². The van der Waals surface area contributed by atoms with Crippen molar-refractivity contribution >= 4 is 22.8 Å². The lowest BCUT2D eigenvalue weighted by atomic mass is 9.82. The Morgan fingerprint density at radius 3 is 2.24 bits per heavy atom. The number of phenolic OH excluding ortho intramolecular Hbond substituents is 1. The summed E-state index contributed by atoms with van der Waals surface area (Å²) in [5.41, 5.74) is 1.45. The fourth-order valence-corrected chi connectivity index (χ4v) is 4.51. The van der Waals surface area contributed by atoms with E-state index >= 15 is 0 Å². The molecule has 0 spiro atoms. The van der Waals surface area contributed by atoms with Crippen LogP contribution in [0.2, 0.25) is 0 Å². The molecule has 0 fully saturated rings. The molecule has 1 heterocycles. The van der Waals surface area contributed by atoms with Crippen molar-refractivity contribution in [3.63, 3.8) is 0 Å². The Hall–Kier alpha value is -4.25. The second-order valence-electron chi connectivity index (χ2n) is 8.00. The maximum atomic E-state index is 12.7. The lowest BCUT2D eigenvalue weighted by Gasteiger charge is -2.37. The molecule has 1 aliphatic rings. The second kappa shape index (κ2) is 8.60. The molecule has 1 N–H and O–H groups in total. The summed E-state index contributed by atoms with van der Waals surface area (Å²) in [5, 5.41) is 12.2. The maximum Gasteiger partial charge on any atom is 0.342 e. The highest BCUT2D eigenvalue weighted by Crippen LogP contribution is 2.49. The number of ether oxygens (including phenoxy) is 3. The van der Waals surface area contributed by atoms with Gasteiger partial charge in [-0.2, -0.15) is 0 Å². The van der Waals surface area contributed by atoms with Gasteiger partial charge in [0.2, 0.25) is 0 Å². The van der Waals surface area contributed by atoms with E-state index in [2.05, 4.69) is 0 Å². The molecule has 5 nitrogen and oxygen atoms in total. The van der Waals surface area contributed by atoms with Crippen molar-refractivity contribution in [3.05, 3.63) is 107 Å². The first kappa shape index (κ1) is 21.6. The van der Waals surface area contributed by atoms with Gasteiger partial charge in [-0.05, 0) is 31.2 Å². The minimum Gasteiger partial charge on any atom is -0.506 e. The Kier molecular flexibility index (Phi) is 5.46. The molecule has 0 radical (unpaired) electrons. The Morgan fingerprint density at radius 1 is 0.912 bits per heavy atom. The molecule has 4 aromatic rings. The molecular weight excluding hydrogens is 428 g/mol. The Morgan fingerprint density at radius 2 is 1.56 bits per heavy atom. The molecule has 1 atom stereocenters. The zero-order valence-electron chi connectivity index (χ0n) is 18.9. The van der Waals surface area contributed by atoms with E-state index in [-0.39, 0.29) is 11.3 Å². The monoisotopic (exact) mass is 452 g/mol. The van der Waals surface area contributed by atoms with Gasteiger partial charge in [0.25, 0.3) is 0 Å². The average molecular weight is 453 g/mol. The molecule has 0 aromatic heterocycles. The molecule has 5 rings (SSSR count). The molecule has 4 aromatic carbocycles. The van der Waals surface area contributed by atoms with Crippen LogP contribution in [-0.2, 0) is 10.3 Å². The Labute approximate surface area is 197 Å². The summed E-state index contributed by atoms with van der Waals surface area (Å²) in [7, 11) is 1.30. The largest absolute Gasteiger partial charge is 0.506 e. The summed E-state index contributed by atoms with van der Waals surface area (Å²) in [4.78, 5) is 12.7. The lowest BCUT2D eigenvalue weighted by molar-refractivity contribution is 0.0596. The molecule has 1 unspecified atom stereocenters. The van der Waals surface area contributed by atoms with Crippen LogP contribution in [-0.4, -0.2) is 24.8 Å². The second-order valence-corrected chi connectivity index (χ2v) is 8.00. The van der Waals surface area contributed by atoms with Gasteiger partial charge in [0.05, 0.1) is 13.7 Å². The normalized spacial score (nSPS) is 16.5. The summed E-state index contributed by atoms with van der Waals surface area (Å²) < 4.78 is 17.5. The third kappa shape index (κ3) is 3.37. The van der Waals surface area contributed by atoms with E-state index in [0.717, 1.165) is 16.9 Å². The van der Waals surface area contributed by atoms with Crippen molar-refractivity contribution in [1.82, 2.24) is 0 Å². The third-order valence-corrected chi connectivity index (χ3v) is 6.11. The Bertz CT molecular complexity index is 1390. The Balaban J connectivity index is 1.78. The molecular formula is C29H24O5. The predicted molar refractivity (Wildman–Crippen MR) is 131 cm³/mol. The van der Waals surface area contributed by atoms with Crippen LogP contribution < -0.4 is 9.47 Å². The highest BCUT2D eigenvalue weighted by molar-refractivity contribution is 6.08. The van der Waals surface area contributed by atoms with Gasteiger partial charge in [0, 0.05) is 27.5 Å². The number of hydrogen-bond donors (Lipinski definition) is 1.